The first-order valence-electron chi connectivity index (χ1n) is 5.08. The maximum absolute atomic E-state index is 12.0. The summed E-state index contributed by atoms with van der Waals surface area (Å²) in [5.74, 6) is 0.486. The number of amides is 1. The van der Waals surface area contributed by atoms with Crippen LogP contribution >= 0.6 is 11.6 Å². The third kappa shape index (κ3) is 2.61. The summed E-state index contributed by atoms with van der Waals surface area (Å²) in [6.07, 6.45) is 2.02. The van der Waals surface area contributed by atoms with E-state index in [-0.39, 0.29) is 11.9 Å². The summed E-state index contributed by atoms with van der Waals surface area (Å²) in [6.45, 7) is 5.26. The average Bonchev–Trinajstić information content (AvgIpc) is 2.16. The molecule has 1 rings (SSSR count). The van der Waals surface area contributed by atoms with Crippen LogP contribution in [-0.4, -0.2) is 35.8 Å². The lowest BCUT2D eigenvalue weighted by atomic mass is 9.92. The van der Waals surface area contributed by atoms with Gasteiger partial charge in [0.2, 0.25) is 5.91 Å². The summed E-state index contributed by atoms with van der Waals surface area (Å²) in [7, 11) is 0. The van der Waals surface area contributed by atoms with Crippen molar-refractivity contribution in [2.75, 3.05) is 19.0 Å². The number of piperidine rings is 1. The SMILES string of the molecule is CC(C)(CCl)C(=O)N1CCC[C@@H](N)C1. The van der Waals surface area contributed by atoms with Gasteiger partial charge >= 0.3 is 0 Å². The Labute approximate surface area is 90.6 Å². The van der Waals surface area contributed by atoms with Crippen LogP contribution in [0.1, 0.15) is 26.7 Å². The number of halogens is 1. The molecule has 1 aliphatic heterocycles. The summed E-state index contributed by atoms with van der Waals surface area (Å²) < 4.78 is 0. The largest absolute Gasteiger partial charge is 0.341 e. The third-order valence-corrected chi connectivity index (χ3v) is 3.33. The molecule has 1 aliphatic rings. The lowest BCUT2D eigenvalue weighted by Crippen LogP contribution is -2.50. The Hall–Kier alpha value is -0.280. The Kier molecular flexibility index (Phi) is 3.78. The molecule has 0 radical (unpaired) electrons. The monoisotopic (exact) mass is 218 g/mol. The number of nitrogens with two attached hydrogens (primary N) is 1. The van der Waals surface area contributed by atoms with Crippen molar-refractivity contribution in [3.8, 4) is 0 Å². The molecule has 0 saturated carbocycles. The number of carbonyl (C=O) groups excluding carboxylic acids is 1. The first-order chi connectivity index (χ1) is 6.47. The van der Waals surface area contributed by atoms with Gasteiger partial charge in [-0.05, 0) is 26.7 Å². The zero-order valence-electron chi connectivity index (χ0n) is 8.92. The highest BCUT2D eigenvalue weighted by molar-refractivity contribution is 6.19. The normalized spacial score (nSPS) is 23.7. The number of hydrogen-bond acceptors (Lipinski definition) is 2. The second-order valence-electron chi connectivity index (χ2n) is 4.67. The van der Waals surface area contributed by atoms with Gasteiger partial charge < -0.3 is 10.6 Å². The Morgan fingerprint density at radius 1 is 1.64 bits per heavy atom. The van der Waals surface area contributed by atoms with E-state index in [9.17, 15) is 4.79 Å². The molecule has 1 amide bonds. The summed E-state index contributed by atoms with van der Waals surface area (Å²) in [6, 6.07) is 0.138. The summed E-state index contributed by atoms with van der Waals surface area (Å²) in [5.41, 5.74) is 5.36. The van der Waals surface area contributed by atoms with Gasteiger partial charge in [0.15, 0.2) is 0 Å². The van der Waals surface area contributed by atoms with Crippen molar-refractivity contribution in [2.24, 2.45) is 11.1 Å². The Balaban J connectivity index is 2.60. The van der Waals surface area contributed by atoms with Gasteiger partial charge in [0, 0.05) is 25.0 Å². The van der Waals surface area contributed by atoms with E-state index in [1.54, 1.807) is 0 Å². The average molecular weight is 219 g/mol. The van der Waals surface area contributed by atoms with E-state index in [1.165, 1.54) is 0 Å². The number of alkyl halides is 1. The van der Waals surface area contributed by atoms with Crippen molar-refractivity contribution >= 4 is 17.5 Å². The third-order valence-electron chi connectivity index (χ3n) is 2.66. The summed E-state index contributed by atoms with van der Waals surface area (Å²) in [5, 5.41) is 0. The zero-order valence-corrected chi connectivity index (χ0v) is 9.68. The van der Waals surface area contributed by atoms with Crippen LogP contribution in [0.15, 0.2) is 0 Å². The van der Waals surface area contributed by atoms with Crippen LogP contribution in [0.25, 0.3) is 0 Å². The predicted octanol–water partition coefficient (Wildman–Crippen LogP) is 1.20. The molecule has 1 saturated heterocycles. The molecule has 1 heterocycles. The lowest BCUT2D eigenvalue weighted by Gasteiger charge is -2.35. The van der Waals surface area contributed by atoms with Gasteiger partial charge in [-0.3, -0.25) is 4.79 Å². The standard InChI is InChI=1S/C10H19ClN2O/c1-10(2,7-11)9(14)13-5-3-4-8(12)6-13/h8H,3-7,12H2,1-2H3/t8-/m1/s1. The molecule has 0 aromatic rings. The van der Waals surface area contributed by atoms with Crippen LogP contribution in [0.4, 0.5) is 0 Å². The molecule has 0 aromatic carbocycles. The van der Waals surface area contributed by atoms with Crippen LogP contribution in [0.5, 0.6) is 0 Å². The van der Waals surface area contributed by atoms with Gasteiger partial charge in [-0.25, -0.2) is 0 Å². The zero-order chi connectivity index (χ0) is 10.8. The smallest absolute Gasteiger partial charge is 0.229 e. The molecule has 0 unspecified atom stereocenters. The quantitative estimate of drug-likeness (QED) is 0.709. The number of rotatable bonds is 2. The minimum absolute atomic E-state index is 0.127. The first kappa shape index (κ1) is 11.8. The van der Waals surface area contributed by atoms with Gasteiger partial charge in [0.25, 0.3) is 0 Å². The summed E-state index contributed by atoms with van der Waals surface area (Å²) >= 11 is 5.76. The highest BCUT2D eigenvalue weighted by atomic mass is 35.5. The molecule has 1 fully saturated rings. The molecular formula is C10H19ClN2O. The van der Waals surface area contributed by atoms with Crippen molar-refractivity contribution < 1.29 is 4.79 Å². The van der Waals surface area contributed by atoms with Crippen molar-refractivity contribution in [1.29, 1.82) is 0 Å². The molecule has 82 valence electrons. The molecule has 0 aromatic heterocycles. The molecule has 4 heteroatoms. The van der Waals surface area contributed by atoms with Gasteiger partial charge in [0.05, 0.1) is 5.41 Å². The molecule has 3 nitrogen and oxygen atoms in total. The van der Waals surface area contributed by atoms with Gasteiger partial charge in [-0.1, -0.05) is 0 Å². The highest BCUT2D eigenvalue weighted by Crippen LogP contribution is 2.22. The van der Waals surface area contributed by atoms with E-state index >= 15 is 0 Å². The molecule has 14 heavy (non-hydrogen) atoms. The Morgan fingerprint density at radius 3 is 2.79 bits per heavy atom. The summed E-state index contributed by atoms with van der Waals surface area (Å²) in [4.78, 5) is 13.8. The van der Waals surface area contributed by atoms with Gasteiger partial charge in [0.1, 0.15) is 0 Å². The second kappa shape index (κ2) is 4.49. The van der Waals surface area contributed by atoms with Crippen molar-refractivity contribution in [3.63, 3.8) is 0 Å². The molecule has 1 atom stereocenters. The van der Waals surface area contributed by atoms with E-state index in [4.69, 9.17) is 17.3 Å². The van der Waals surface area contributed by atoms with Gasteiger partial charge in [-0.2, -0.15) is 0 Å². The van der Waals surface area contributed by atoms with E-state index < -0.39 is 5.41 Å². The topological polar surface area (TPSA) is 46.3 Å². The van der Waals surface area contributed by atoms with Crippen LogP contribution in [0, 0.1) is 5.41 Å². The highest BCUT2D eigenvalue weighted by Gasteiger charge is 2.32. The van der Waals surface area contributed by atoms with E-state index in [2.05, 4.69) is 0 Å². The second-order valence-corrected chi connectivity index (χ2v) is 4.94. The van der Waals surface area contributed by atoms with Crippen LogP contribution < -0.4 is 5.73 Å². The van der Waals surface area contributed by atoms with E-state index in [0.717, 1.165) is 19.4 Å². The lowest BCUT2D eigenvalue weighted by molar-refractivity contribution is -0.140. The number of nitrogens with zero attached hydrogens (tertiary/aromatic N) is 1. The molecule has 0 spiro atoms. The van der Waals surface area contributed by atoms with Crippen molar-refractivity contribution in [2.45, 2.75) is 32.7 Å². The van der Waals surface area contributed by atoms with Crippen molar-refractivity contribution in [1.82, 2.24) is 4.90 Å². The predicted molar refractivity (Wildman–Crippen MR) is 58.3 cm³/mol. The molecule has 0 bridgehead atoms. The fraction of sp³-hybridized carbons (Fsp3) is 0.900. The van der Waals surface area contributed by atoms with E-state index in [1.807, 2.05) is 18.7 Å². The molecule has 2 N–H and O–H groups in total. The number of carbonyl (C=O) groups is 1. The first-order valence-corrected chi connectivity index (χ1v) is 5.62. The van der Waals surface area contributed by atoms with E-state index in [0.29, 0.717) is 12.4 Å². The molecule has 0 aliphatic carbocycles. The number of hydrogen-bond donors (Lipinski definition) is 1. The Morgan fingerprint density at radius 2 is 2.29 bits per heavy atom. The fourth-order valence-electron chi connectivity index (χ4n) is 1.68. The fourth-order valence-corrected chi connectivity index (χ4v) is 1.79. The maximum atomic E-state index is 12.0. The van der Waals surface area contributed by atoms with Crippen LogP contribution in [0.2, 0.25) is 0 Å². The molecular weight excluding hydrogens is 200 g/mol. The van der Waals surface area contributed by atoms with Gasteiger partial charge in [-0.15, -0.1) is 11.6 Å². The maximum Gasteiger partial charge on any atom is 0.229 e. The van der Waals surface area contributed by atoms with Crippen LogP contribution in [0.3, 0.4) is 0 Å². The number of likely N-dealkylation sites (tertiary alicyclic amines) is 1. The van der Waals surface area contributed by atoms with Crippen LogP contribution in [-0.2, 0) is 4.79 Å². The minimum Gasteiger partial charge on any atom is -0.341 e. The Bertz CT molecular complexity index is 218. The van der Waals surface area contributed by atoms with Crippen molar-refractivity contribution in [3.05, 3.63) is 0 Å². The minimum atomic E-state index is -0.460.